The molecule has 1 saturated carbocycles. The smallest absolute Gasteiger partial charge is 0.231 e. The third-order valence-corrected chi connectivity index (χ3v) is 6.35. The van der Waals surface area contributed by atoms with Crippen molar-refractivity contribution in [2.24, 2.45) is 7.05 Å². The summed E-state index contributed by atoms with van der Waals surface area (Å²) < 4.78 is 39.0. The number of sulfonamides is 1. The maximum atomic E-state index is 11.6. The van der Waals surface area contributed by atoms with Crippen LogP contribution in [-0.4, -0.2) is 30.6 Å². The van der Waals surface area contributed by atoms with Crippen LogP contribution in [0.15, 0.2) is 54.6 Å². The highest BCUT2D eigenvalue weighted by molar-refractivity contribution is 7.92. The predicted octanol–water partition coefficient (Wildman–Crippen LogP) is 5.47. The summed E-state index contributed by atoms with van der Waals surface area (Å²) in [6.07, 6.45) is 3.17. The van der Waals surface area contributed by atoms with Crippen molar-refractivity contribution in [3.8, 4) is 34.4 Å². The number of fused-ring (bicyclic) bond motifs is 1. The quantitative estimate of drug-likeness (QED) is 0.355. The molecule has 0 radical (unpaired) electrons. The molecule has 1 aliphatic carbocycles. The molecule has 0 aliphatic heterocycles. The molecule has 1 heterocycles. The Balaban J connectivity index is 1.38. The van der Waals surface area contributed by atoms with Crippen molar-refractivity contribution in [1.82, 2.24) is 9.78 Å². The summed E-state index contributed by atoms with van der Waals surface area (Å²) in [6, 6.07) is 18.6. The topological polar surface area (TPSA) is 106 Å². The SMILES string of the molecule is Cn1nc(NS(C)(=O)=O)c2ccc(-c3ccc(Oc4cc(Cl)c(OC5CC5)c(C#N)c4)cc3)cc21. The van der Waals surface area contributed by atoms with Gasteiger partial charge in [0.2, 0.25) is 10.0 Å². The van der Waals surface area contributed by atoms with Gasteiger partial charge in [-0.15, -0.1) is 0 Å². The van der Waals surface area contributed by atoms with Gasteiger partial charge in [-0.1, -0.05) is 29.8 Å². The molecule has 10 heteroatoms. The maximum absolute atomic E-state index is 11.6. The van der Waals surface area contributed by atoms with Gasteiger partial charge >= 0.3 is 0 Å². The van der Waals surface area contributed by atoms with Crippen LogP contribution in [0.5, 0.6) is 17.2 Å². The fourth-order valence-corrected chi connectivity index (χ4v) is 4.48. The molecule has 0 bridgehead atoms. The number of anilines is 1. The number of benzene rings is 3. The second-order valence-corrected chi connectivity index (χ2v) is 10.6. The second-order valence-electron chi connectivity index (χ2n) is 8.42. The van der Waals surface area contributed by atoms with E-state index in [9.17, 15) is 13.7 Å². The largest absolute Gasteiger partial charge is 0.487 e. The number of ether oxygens (including phenoxy) is 2. The van der Waals surface area contributed by atoms with E-state index in [0.29, 0.717) is 39.0 Å². The summed E-state index contributed by atoms with van der Waals surface area (Å²) >= 11 is 6.35. The van der Waals surface area contributed by atoms with Crippen LogP contribution < -0.4 is 14.2 Å². The Morgan fingerprint density at radius 3 is 2.46 bits per heavy atom. The third-order valence-electron chi connectivity index (χ3n) is 5.50. The first kappa shape index (κ1) is 23.0. The van der Waals surface area contributed by atoms with Gasteiger partial charge < -0.3 is 9.47 Å². The van der Waals surface area contributed by atoms with E-state index in [4.69, 9.17) is 21.1 Å². The summed E-state index contributed by atoms with van der Waals surface area (Å²) in [5.41, 5.74) is 3.02. The zero-order chi connectivity index (χ0) is 24.7. The van der Waals surface area contributed by atoms with Gasteiger partial charge in [-0.25, -0.2) is 8.42 Å². The number of rotatable bonds is 7. The Labute approximate surface area is 207 Å². The number of halogens is 1. The van der Waals surface area contributed by atoms with E-state index < -0.39 is 10.0 Å². The number of nitrogens with one attached hydrogen (secondary N) is 1. The van der Waals surface area contributed by atoms with E-state index in [1.807, 2.05) is 42.5 Å². The van der Waals surface area contributed by atoms with Crippen LogP contribution in [0.3, 0.4) is 0 Å². The Morgan fingerprint density at radius 1 is 1.09 bits per heavy atom. The molecule has 178 valence electrons. The first-order valence-electron chi connectivity index (χ1n) is 10.8. The summed E-state index contributed by atoms with van der Waals surface area (Å²) in [6.45, 7) is 0. The Kier molecular flexibility index (Phi) is 5.79. The van der Waals surface area contributed by atoms with Gasteiger partial charge in [-0.2, -0.15) is 10.4 Å². The van der Waals surface area contributed by atoms with Gasteiger partial charge in [-0.05, 0) is 48.2 Å². The highest BCUT2D eigenvalue weighted by atomic mass is 35.5. The van der Waals surface area contributed by atoms with E-state index in [0.717, 1.165) is 35.7 Å². The molecular weight excluding hydrogens is 488 g/mol. The Bertz CT molecular complexity index is 1590. The molecule has 0 saturated heterocycles. The zero-order valence-electron chi connectivity index (χ0n) is 18.9. The van der Waals surface area contributed by atoms with Gasteiger partial charge in [0.25, 0.3) is 0 Å². The molecule has 1 fully saturated rings. The highest BCUT2D eigenvalue weighted by Crippen LogP contribution is 2.39. The number of hydrogen-bond acceptors (Lipinski definition) is 6. The van der Waals surface area contributed by atoms with Crippen molar-refractivity contribution in [3.63, 3.8) is 0 Å². The number of nitriles is 1. The van der Waals surface area contributed by atoms with Crippen molar-refractivity contribution in [1.29, 1.82) is 5.26 Å². The zero-order valence-corrected chi connectivity index (χ0v) is 20.5. The summed E-state index contributed by atoms with van der Waals surface area (Å²) in [4.78, 5) is 0. The molecule has 35 heavy (non-hydrogen) atoms. The molecule has 0 atom stereocenters. The van der Waals surface area contributed by atoms with Gasteiger partial charge in [0, 0.05) is 24.6 Å². The molecule has 0 spiro atoms. The van der Waals surface area contributed by atoms with Gasteiger partial charge in [0.05, 0.1) is 28.5 Å². The first-order valence-corrected chi connectivity index (χ1v) is 13.1. The number of aryl methyl sites for hydroxylation is 1. The lowest BCUT2D eigenvalue weighted by Gasteiger charge is -2.12. The predicted molar refractivity (Wildman–Crippen MR) is 135 cm³/mol. The van der Waals surface area contributed by atoms with Crippen molar-refractivity contribution in [2.75, 3.05) is 11.0 Å². The Morgan fingerprint density at radius 2 is 1.80 bits per heavy atom. The summed E-state index contributed by atoms with van der Waals surface area (Å²) in [5.74, 6) is 1.74. The van der Waals surface area contributed by atoms with Crippen LogP contribution in [-0.2, 0) is 17.1 Å². The number of nitrogens with zero attached hydrogens (tertiary/aromatic N) is 3. The lowest BCUT2D eigenvalue weighted by atomic mass is 10.0. The van der Waals surface area contributed by atoms with E-state index >= 15 is 0 Å². The van der Waals surface area contributed by atoms with Gasteiger partial charge in [0.1, 0.15) is 17.6 Å². The van der Waals surface area contributed by atoms with Crippen molar-refractivity contribution in [2.45, 2.75) is 18.9 Å². The van der Waals surface area contributed by atoms with E-state index in [-0.39, 0.29) is 6.10 Å². The standard InChI is InChI=1S/C25H21ClN4O4S/c1-30-23-12-16(5-10-21(23)25(28-30)29-35(2,31)32)15-3-6-18(7-4-15)33-20-11-17(14-27)24(22(26)13-20)34-19-8-9-19/h3-7,10-13,19H,8-9H2,1-2H3,(H,28,29). The van der Waals surface area contributed by atoms with Crippen molar-refractivity contribution < 1.29 is 17.9 Å². The number of aromatic nitrogens is 2. The van der Waals surface area contributed by atoms with Crippen LogP contribution in [0.4, 0.5) is 5.82 Å². The molecule has 1 N–H and O–H groups in total. The summed E-state index contributed by atoms with van der Waals surface area (Å²) in [5, 5.41) is 14.8. The molecule has 3 aromatic carbocycles. The minimum atomic E-state index is -3.43. The monoisotopic (exact) mass is 508 g/mol. The van der Waals surface area contributed by atoms with Crippen LogP contribution in [0.1, 0.15) is 18.4 Å². The molecule has 1 aromatic heterocycles. The van der Waals surface area contributed by atoms with Gasteiger partial charge in [0.15, 0.2) is 11.6 Å². The third kappa shape index (κ3) is 5.04. The first-order chi connectivity index (χ1) is 16.7. The highest BCUT2D eigenvalue weighted by Gasteiger charge is 2.26. The average Bonchev–Trinajstić information content (AvgIpc) is 3.58. The minimum Gasteiger partial charge on any atom is -0.487 e. The molecular formula is C25H21ClN4O4S. The lowest BCUT2D eigenvalue weighted by Crippen LogP contribution is -2.10. The molecule has 4 aromatic rings. The van der Waals surface area contributed by atoms with E-state index in [1.54, 1.807) is 23.9 Å². The average molecular weight is 509 g/mol. The van der Waals surface area contributed by atoms with E-state index in [2.05, 4.69) is 15.9 Å². The lowest BCUT2D eigenvalue weighted by molar-refractivity contribution is 0.302. The molecule has 5 rings (SSSR count). The molecule has 0 unspecified atom stereocenters. The second kappa shape index (κ2) is 8.80. The Hall–Kier alpha value is -3.74. The summed E-state index contributed by atoms with van der Waals surface area (Å²) in [7, 11) is -1.67. The van der Waals surface area contributed by atoms with Crippen LogP contribution >= 0.6 is 11.6 Å². The van der Waals surface area contributed by atoms with Crippen LogP contribution in [0, 0.1) is 11.3 Å². The molecule has 0 amide bonds. The van der Waals surface area contributed by atoms with Crippen LogP contribution in [0.2, 0.25) is 5.02 Å². The maximum Gasteiger partial charge on any atom is 0.231 e. The number of hydrogen-bond donors (Lipinski definition) is 1. The van der Waals surface area contributed by atoms with E-state index in [1.165, 1.54) is 0 Å². The molecule has 1 aliphatic rings. The molecule has 8 nitrogen and oxygen atoms in total. The minimum absolute atomic E-state index is 0.131. The normalized spacial score (nSPS) is 13.4. The fourth-order valence-electron chi connectivity index (χ4n) is 3.72. The van der Waals surface area contributed by atoms with Crippen molar-refractivity contribution in [3.05, 3.63) is 65.2 Å². The van der Waals surface area contributed by atoms with Crippen molar-refractivity contribution >= 4 is 38.3 Å². The van der Waals surface area contributed by atoms with Gasteiger partial charge in [-0.3, -0.25) is 9.40 Å². The fraction of sp³-hybridized carbons (Fsp3) is 0.200. The van der Waals surface area contributed by atoms with Crippen LogP contribution in [0.25, 0.3) is 22.0 Å².